The minimum absolute atomic E-state index is 0.274. The number of nitrogens with zero attached hydrogens (tertiary/aromatic N) is 2. The number of rotatable bonds is 1. The summed E-state index contributed by atoms with van der Waals surface area (Å²) in [6.07, 6.45) is 9.18. The molecule has 3 nitrogen and oxygen atoms in total. The molecule has 3 rings (SSSR count). The summed E-state index contributed by atoms with van der Waals surface area (Å²) >= 11 is 0. The fourth-order valence-electron chi connectivity index (χ4n) is 4.03. The Morgan fingerprint density at radius 3 is 2.71 bits per heavy atom. The Hall–Kier alpha value is -0.590. The van der Waals surface area contributed by atoms with Crippen LogP contribution in [0.1, 0.15) is 44.9 Å². The maximum Gasteiger partial charge on any atom is 0.0731 e. The van der Waals surface area contributed by atoms with Gasteiger partial charge in [0.15, 0.2) is 0 Å². The van der Waals surface area contributed by atoms with Crippen molar-refractivity contribution in [1.82, 2.24) is 4.90 Å². The highest BCUT2D eigenvalue weighted by Gasteiger charge is 2.41. The predicted molar refractivity (Wildman–Crippen MR) is 65.4 cm³/mol. The van der Waals surface area contributed by atoms with Crippen molar-refractivity contribution in [2.45, 2.75) is 63.1 Å². The Kier molecular flexibility index (Phi) is 3.35. The van der Waals surface area contributed by atoms with E-state index in [4.69, 9.17) is 4.74 Å². The van der Waals surface area contributed by atoms with Crippen LogP contribution in [-0.4, -0.2) is 36.2 Å². The van der Waals surface area contributed by atoms with Crippen LogP contribution in [0.2, 0.25) is 0 Å². The van der Waals surface area contributed by atoms with Gasteiger partial charge in [-0.15, -0.1) is 0 Å². The van der Waals surface area contributed by atoms with Crippen molar-refractivity contribution in [3.05, 3.63) is 0 Å². The second-order valence-electron chi connectivity index (χ2n) is 5.73. The average Bonchev–Trinajstić information content (AvgIpc) is 2.86. The molecular weight excluding hydrogens is 212 g/mol. The van der Waals surface area contributed by atoms with Crippen molar-refractivity contribution in [2.75, 3.05) is 13.2 Å². The van der Waals surface area contributed by atoms with Gasteiger partial charge in [0.2, 0.25) is 0 Å². The molecule has 1 heterocycles. The zero-order valence-corrected chi connectivity index (χ0v) is 10.5. The van der Waals surface area contributed by atoms with Gasteiger partial charge in [0, 0.05) is 18.6 Å². The monoisotopic (exact) mass is 234 g/mol. The molecule has 1 saturated heterocycles. The molecule has 1 aliphatic heterocycles. The highest BCUT2D eigenvalue weighted by molar-refractivity contribution is 5.01. The number of hydrogen-bond acceptors (Lipinski definition) is 3. The van der Waals surface area contributed by atoms with Crippen molar-refractivity contribution in [3.63, 3.8) is 0 Å². The second kappa shape index (κ2) is 4.96. The molecule has 2 saturated carbocycles. The Balaban J connectivity index is 1.74. The maximum absolute atomic E-state index is 9.26. The molecule has 2 aliphatic carbocycles. The summed E-state index contributed by atoms with van der Waals surface area (Å²) in [7, 11) is 0. The summed E-state index contributed by atoms with van der Waals surface area (Å²) in [5, 5.41) is 9.26. The van der Waals surface area contributed by atoms with E-state index >= 15 is 0 Å². The highest BCUT2D eigenvalue weighted by atomic mass is 16.5. The predicted octanol–water partition coefficient (Wildman–Crippen LogP) is 2.32. The number of fused-ring (bicyclic) bond motifs is 1. The second-order valence-corrected chi connectivity index (χ2v) is 5.73. The third-order valence-corrected chi connectivity index (χ3v) is 4.85. The average molecular weight is 234 g/mol. The molecule has 4 atom stereocenters. The van der Waals surface area contributed by atoms with E-state index in [-0.39, 0.29) is 5.92 Å². The molecule has 0 aromatic carbocycles. The molecule has 0 aromatic rings. The van der Waals surface area contributed by atoms with E-state index in [0.29, 0.717) is 18.2 Å². The molecule has 3 heteroatoms. The Bertz CT molecular complexity index is 310. The summed E-state index contributed by atoms with van der Waals surface area (Å²) < 4.78 is 5.92. The molecule has 17 heavy (non-hydrogen) atoms. The van der Waals surface area contributed by atoms with Gasteiger partial charge in [0.25, 0.3) is 0 Å². The largest absolute Gasteiger partial charge is 0.375 e. The Morgan fingerprint density at radius 1 is 1.00 bits per heavy atom. The van der Waals surface area contributed by atoms with Gasteiger partial charge in [-0.05, 0) is 25.7 Å². The number of morpholine rings is 1. The highest BCUT2D eigenvalue weighted by Crippen LogP contribution is 2.36. The van der Waals surface area contributed by atoms with Crippen LogP contribution in [0.15, 0.2) is 0 Å². The van der Waals surface area contributed by atoms with Gasteiger partial charge in [0.1, 0.15) is 0 Å². The fraction of sp³-hybridized carbons (Fsp3) is 0.929. The van der Waals surface area contributed by atoms with Gasteiger partial charge in [-0.3, -0.25) is 4.90 Å². The van der Waals surface area contributed by atoms with Crippen LogP contribution in [0.4, 0.5) is 0 Å². The smallest absolute Gasteiger partial charge is 0.0731 e. The van der Waals surface area contributed by atoms with Gasteiger partial charge < -0.3 is 4.74 Å². The molecular formula is C14H22N2O. The van der Waals surface area contributed by atoms with Gasteiger partial charge in [0.05, 0.1) is 24.7 Å². The SMILES string of the molecule is N#CC1CCCC1N1CCOC2CCCCC21. The molecule has 0 radical (unpaired) electrons. The molecule has 94 valence electrons. The standard InChI is InChI=1S/C14H22N2O/c15-10-11-4-3-6-12(11)16-8-9-17-14-7-2-1-5-13(14)16/h11-14H,1-9H2. The van der Waals surface area contributed by atoms with Gasteiger partial charge >= 0.3 is 0 Å². The van der Waals surface area contributed by atoms with Crippen molar-refractivity contribution in [3.8, 4) is 6.07 Å². The van der Waals surface area contributed by atoms with Crippen molar-refractivity contribution in [1.29, 1.82) is 5.26 Å². The first kappa shape index (κ1) is 11.5. The molecule has 0 bridgehead atoms. The first-order valence-corrected chi connectivity index (χ1v) is 7.17. The Morgan fingerprint density at radius 2 is 1.82 bits per heavy atom. The summed E-state index contributed by atoms with van der Waals surface area (Å²) in [6.45, 7) is 1.92. The fourth-order valence-corrected chi connectivity index (χ4v) is 4.03. The summed E-state index contributed by atoms with van der Waals surface area (Å²) in [4.78, 5) is 2.63. The lowest BCUT2D eigenvalue weighted by molar-refractivity contribution is -0.104. The summed E-state index contributed by atoms with van der Waals surface area (Å²) in [5.74, 6) is 0.274. The Labute approximate surface area is 104 Å². The van der Waals surface area contributed by atoms with Gasteiger partial charge in [-0.1, -0.05) is 19.3 Å². The zero-order chi connectivity index (χ0) is 11.7. The van der Waals surface area contributed by atoms with Crippen LogP contribution in [0.5, 0.6) is 0 Å². The van der Waals surface area contributed by atoms with Crippen LogP contribution in [0.25, 0.3) is 0 Å². The maximum atomic E-state index is 9.26. The van der Waals surface area contributed by atoms with Crippen LogP contribution >= 0.6 is 0 Å². The van der Waals surface area contributed by atoms with E-state index in [1.165, 1.54) is 38.5 Å². The topological polar surface area (TPSA) is 36.3 Å². The van der Waals surface area contributed by atoms with Crippen molar-refractivity contribution >= 4 is 0 Å². The van der Waals surface area contributed by atoms with Crippen LogP contribution in [0.3, 0.4) is 0 Å². The van der Waals surface area contributed by atoms with Crippen molar-refractivity contribution < 1.29 is 4.74 Å². The van der Waals surface area contributed by atoms with Gasteiger partial charge in [-0.25, -0.2) is 0 Å². The molecule has 0 amide bonds. The zero-order valence-electron chi connectivity index (χ0n) is 10.5. The van der Waals surface area contributed by atoms with E-state index in [2.05, 4.69) is 11.0 Å². The minimum atomic E-state index is 0.274. The van der Waals surface area contributed by atoms with Crippen molar-refractivity contribution in [2.24, 2.45) is 5.92 Å². The molecule has 4 unspecified atom stereocenters. The third kappa shape index (κ3) is 2.09. The van der Waals surface area contributed by atoms with E-state index in [1.54, 1.807) is 0 Å². The normalized spacial score (nSPS) is 43.0. The quantitative estimate of drug-likeness (QED) is 0.698. The lowest BCUT2D eigenvalue weighted by atomic mass is 9.88. The minimum Gasteiger partial charge on any atom is -0.375 e. The molecule has 3 fully saturated rings. The first-order chi connectivity index (χ1) is 8.40. The number of hydrogen-bond donors (Lipinski definition) is 0. The first-order valence-electron chi connectivity index (χ1n) is 7.17. The van der Waals surface area contributed by atoms with Crippen LogP contribution in [-0.2, 0) is 4.74 Å². The van der Waals surface area contributed by atoms with E-state index in [9.17, 15) is 5.26 Å². The summed E-state index contributed by atoms with van der Waals surface area (Å²) in [5.41, 5.74) is 0. The summed E-state index contributed by atoms with van der Waals surface area (Å²) in [6, 6.07) is 3.65. The van der Waals surface area contributed by atoms with E-state index in [1.807, 2.05) is 0 Å². The van der Waals surface area contributed by atoms with Crippen LogP contribution in [0, 0.1) is 17.2 Å². The molecule has 0 spiro atoms. The van der Waals surface area contributed by atoms with Crippen LogP contribution < -0.4 is 0 Å². The van der Waals surface area contributed by atoms with E-state index in [0.717, 1.165) is 19.6 Å². The number of nitriles is 1. The number of ether oxygens (including phenoxy) is 1. The van der Waals surface area contributed by atoms with E-state index < -0.39 is 0 Å². The lowest BCUT2D eigenvalue weighted by Gasteiger charge is -2.47. The molecule has 0 aromatic heterocycles. The lowest BCUT2D eigenvalue weighted by Crippen LogP contribution is -2.57. The third-order valence-electron chi connectivity index (χ3n) is 4.85. The van der Waals surface area contributed by atoms with Gasteiger partial charge in [-0.2, -0.15) is 5.26 Å². The molecule has 0 N–H and O–H groups in total. The molecule has 3 aliphatic rings.